The molecule has 0 fully saturated rings. The minimum Gasteiger partial charge on any atom is -0.489 e. The number of carbonyl (C=O) groups excluding carboxylic acids is 4. The van der Waals surface area contributed by atoms with E-state index in [9.17, 15) is 19.2 Å². The minimum absolute atomic E-state index is 0.0185. The Morgan fingerprint density at radius 1 is 0.745 bits per heavy atom. The summed E-state index contributed by atoms with van der Waals surface area (Å²) in [6.07, 6.45) is -0.876. The lowest BCUT2D eigenvalue weighted by molar-refractivity contribution is -0.168. The van der Waals surface area contributed by atoms with Crippen molar-refractivity contribution in [2.75, 3.05) is 6.54 Å². The zero-order valence-electron chi connectivity index (χ0n) is 28.5. The molecule has 1 aliphatic rings. The van der Waals surface area contributed by atoms with Crippen LogP contribution < -0.4 is 15.4 Å². The summed E-state index contributed by atoms with van der Waals surface area (Å²) in [6.45, 7) is 3.51. The van der Waals surface area contributed by atoms with Gasteiger partial charge in [0.05, 0.1) is 6.04 Å². The predicted molar refractivity (Wildman–Crippen MR) is 187 cm³/mol. The van der Waals surface area contributed by atoms with E-state index >= 15 is 8.78 Å². The van der Waals surface area contributed by atoms with Gasteiger partial charge in [0.25, 0.3) is 0 Å². The summed E-state index contributed by atoms with van der Waals surface area (Å²) in [4.78, 5) is 54.2. The number of rotatable bonds is 14. The number of benzene rings is 4. The number of ketones is 1. The Kier molecular flexibility index (Phi) is 12.2. The van der Waals surface area contributed by atoms with Crippen LogP contribution in [0.15, 0.2) is 109 Å². The van der Waals surface area contributed by atoms with E-state index in [1.54, 1.807) is 74.5 Å². The van der Waals surface area contributed by atoms with Gasteiger partial charge >= 0.3 is 17.9 Å². The van der Waals surface area contributed by atoms with Crippen molar-refractivity contribution in [1.82, 2.24) is 15.5 Å². The van der Waals surface area contributed by atoms with Gasteiger partial charge in [-0.15, -0.1) is 0 Å². The molecule has 1 aliphatic heterocycles. The first-order valence-corrected chi connectivity index (χ1v) is 16.8. The Morgan fingerprint density at radius 3 is 1.96 bits per heavy atom. The van der Waals surface area contributed by atoms with Gasteiger partial charge in [0.1, 0.15) is 25.0 Å². The molecular formula is C40H41F2N3O6. The van der Waals surface area contributed by atoms with Crippen molar-refractivity contribution in [3.8, 4) is 5.75 Å². The van der Waals surface area contributed by atoms with Gasteiger partial charge in [-0.2, -0.15) is 8.78 Å². The highest BCUT2D eigenvalue weighted by Crippen LogP contribution is 2.27. The molecule has 4 aromatic carbocycles. The molecule has 0 radical (unpaired) electrons. The van der Waals surface area contributed by atoms with Crippen molar-refractivity contribution in [2.24, 2.45) is 5.92 Å². The molecule has 11 heteroatoms. The van der Waals surface area contributed by atoms with Crippen LogP contribution in [0, 0.1) is 5.92 Å². The van der Waals surface area contributed by atoms with Crippen LogP contribution >= 0.6 is 0 Å². The number of nitrogens with zero attached hydrogens (tertiary/aromatic N) is 1. The fraction of sp³-hybridized carbons (Fsp3) is 0.300. The van der Waals surface area contributed by atoms with Crippen molar-refractivity contribution in [1.29, 1.82) is 0 Å². The van der Waals surface area contributed by atoms with E-state index in [0.717, 1.165) is 27.2 Å². The molecule has 1 heterocycles. The van der Waals surface area contributed by atoms with Crippen LogP contribution in [0.25, 0.3) is 0 Å². The van der Waals surface area contributed by atoms with Crippen LogP contribution in [0.5, 0.6) is 5.75 Å². The van der Waals surface area contributed by atoms with Crippen LogP contribution in [0.4, 0.5) is 13.6 Å². The normalized spacial score (nSPS) is 13.8. The third-order valence-corrected chi connectivity index (χ3v) is 8.68. The number of alkyl carbamates (subject to hydrolysis) is 1. The van der Waals surface area contributed by atoms with E-state index in [4.69, 9.17) is 9.47 Å². The average molecular weight is 698 g/mol. The monoisotopic (exact) mass is 697 g/mol. The second kappa shape index (κ2) is 16.9. The molecule has 0 aliphatic carbocycles. The van der Waals surface area contributed by atoms with Crippen molar-refractivity contribution in [3.05, 3.63) is 137 Å². The van der Waals surface area contributed by atoms with E-state index in [2.05, 4.69) is 10.6 Å². The number of hydrogen-bond acceptors (Lipinski definition) is 6. The molecule has 2 atom stereocenters. The molecule has 0 aromatic heterocycles. The number of hydrogen-bond donors (Lipinski definition) is 2. The zero-order chi connectivity index (χ0) is 36.4. The van der Waals surface area contributed by atoms with Crippen molar-refractivity contribution in [3.63, 3.8) is 0 Å². The van der Waals surface area contributed by atoms with Crippen LogP contribution in [-0.2, 0) is 51.7 Å². The molecule has 2 N–H and O–H groups in total. The highest BCUT2D eigenvalue weighted by molar-refractivity contribution is 6.10. The molecule has 0 spiro atoms. The summed E-state index contributed by atoms with van der Waals surface area (Å²) < 4.78 is 43.0. The third-order valence-electron chi connectivity index (χ3n) is 8.68. The lowest BCUT2D eigenvalue weighted by atomic mass is 9.95. The van der Waals surface area contributed by atoms with Crippen LogP contribution in [0.1, 0.15) is 41.7 Å². The molecule has 51 heavy (non-hydrogen) atoms. The van der Waals surface area contributed by atoms with Crippen molar-refractivity contribution >= 4 is 23.7 Å². The number of amides is 3. The Morgan fingerprint density at radius 2 is 1.33 bits per heavy atom. The van der Waals surface area contributed by atoms with Crippen LogP contribution in [0.2, 0.25) is 0 Å². The van der Waals surface area contributed by atoms with Gasteiger partial charge in [-0.1, -0.05) is 111 Å². The molecule has 3 amide bonds. The topological polar surface area (TPSA) is 114 Å². The van der Waals surface area contributed by atoms with Gasteiger partial charge in [-0.05, 0) is 52.3 Å². The SMILES string of the molecule is CC(C)[C@H](NC(=O)OCc1ccccc1)C(=O)N[C@@H](Cc1ccc(OCc2ccccc2)cc1)C(=O)C(F)(F)C(=O)N1CCc2ccccc2C1. The first-order valence-electron chi connectivity index (χ1n) is 16.8. The van der Waals surface area contributed by atoms with E-state index in [1.165, 1.54) is 0 Å². The first kappa shape index (κ1) is 36.7. The van der Waals surface area contributed by atoms with Gasteiger partial charge < -0.3 is 25.0 Å². The van der Waals surface area contributed by atoms with E-state index in [-0.39, 0.29) is 26.1 Å². The summed E-state index contributed by atoms with van der Waals surface area (Å²) >= 11 is 0. The van der Waals surface area contributed by atoms with E-state index < -0.39 is 47.6 Å². The average Bonchev–Trinajstić information content (AvgIpc) is 3.15. The smallest absolute Gasteiger partial charge is 0.408 e. The number of nitrogens with one attached hydrogen (secondary N) is 2. The fourth-order valence-corrected chi connectivity index (χ4v) is 5.79. The Labute approximate surface area is 295 Å². The summed E-state index contributed by atoms with van der Waals surface area (Å²) in [5.74, 6) is -8.71. The first-order chi connectivity index (χ1) is 24.5. The van der Waals surface area contributed by atoms with E-state index in [0.29, 0.717) is 24.3 Å². The number of carbonyl (C=O) groups is 4. The van der Waals surface area contributed by atoms with Gasteiger partial charge in [0.15, 0.2) is 0 Å². The number of fused-ring (bicyclic) bond motifs is 1. The number of Topliss-reactive ketones (excluding diaryl/α,β-unsaturated/α-hetero) is 1. The standard InChI is InChI=1S/C40H41F2N3O6/c1-27(2)35(44-39(49)51-26-30-13-7-4-8-14-30)37(47)43-34(23-28-17-19-33(20-18-28)50-25-29-11-5-3-6-12-29)36(46)40(41,42)38(48)45-22-21-31-15-9-10-16-32(31)24-45/h3-20,27,34-35H,21-26H2,1-2H3,(H,43,47)(H,44,49)/t34-,35-/m0/s1. The maximum atomic E-state index is 15.9. The quantitative estimate of drug-likeness (QED) is 0.156. The van der Waals surface area contributed by atoms with Crippen LogP contribution in [0.3, 0.4) is 0 Å². The summed E-state index contributed by atoms with van der Waals surface area (Å²) in [5.41, 5.74) is 3.80. The molecular weight excluding hydrogens is 656 g/mol. The number of halogens is 2. The zero-order valence-corrected chi connectivity index (χ0v) is 28.5. The molecule has 0 saturated carbocycles. The van der Waals surface area contributed by atoms with Gasteiger partial charge in [0.2, 0.25) is 11.7 Å². The third kappa shape index (κ3) is 9.78. The highest BCUT2D eigenvalue weighted by Gasteiger charge is 2.53. The summed E-state index contributed by atoms with van der Waals surface area (Å²) in [5, 5.41) is 4.91. The molecule has 0 saturated heterocycles. The minimum atomic E-state index is -4.45. The highest BCUT2D eigenvalue weighted by atomic mass is 19.3. The Balaban J connectivity index is 1.32. The van der Waals surface area contributed by atoms with Gasteiger partial charge in [-0.3, -0.25) is 14.4 Å². The second-order valence-electron chi connectivity index (χ2n) is 12.8. The maximum absolute atomic E-state index is 15.9. The Hall–Kier alpha value is -5.58. The Bertz CT molecular complexity index is 1800. The van der Waals surface area contributed by atoms with Crippen LogP contribution in [-0.4, -0.2) is 53.1 Å². The molecule has 0 bridgehead atoms. The van der Waals surface area contributed by atoms with Gasteiger partial charge in [0, 0.05) is 19.5 Å². The lowest BCUT2D eigenvalue weighted by Crippen LogP contribution is -2.59. The van der Waals surface area contributed by atoms with Gasteiger partial charge in [-0.25, -0.2) is 4.79 Å². The largest absolute Gasteiger partial charge is 0.489 e. The maximum Gasteiger partial charge on any atom is 0.408 e. The summed E-state index contributed by atoms with van der Waals surface area (Å²) in [6, 6.07) is 29.1. The molecule has 266 valence electrons. The number of ether oxygens (including phenoxy) is 2. The second-order valence-corrected chi connectivity index (χ2v) is 12.8. The molecule has 9 nitrogen and oxygen atoms in total. The van der Waals surface area contributed by atoms with E-state index in [1.807, 2.05) is 48.5 Å². The summed E-state index contributed by atoms with van der Waals surface area (Å²) in [7, 11) is 0. The molecule has 0 unspecified atom stereocenters. The molecule has 5 rings (SSSR count). The predicted octanol–water partition coefficient (Wildman–Crippen LogP) is 6.03. The van der Waals surface area contributed by atoms with Crippen molar-refractivity contribution < 1.29 is 37.4 Å². The molecule has 4 aromatic rings. The lowest BCUT2D eigenvalue weighted by Gasteiger charge is -2.32. The number of alkyl halides is 2. The fourth-order valence-electron chi connectivity index (χ4n) is 5.79. The van der Waals surface area contributed by atoms with Crippen molar-refractivity contribution in [2.45, 2.75) is 64.5 Å².